The number of aromatic nitrogens is 2. The van der Waals surface area contributed by atoms with Gasteiger partial charge in [0, 0.05) is 62.0 Å². The molecule has 10 nitrogen and oxygen atoms in total. The summed E-state index contributed by atoms with van der Waals surface area (Å²) in [6.45, 7) is 5.81. The fourth-order valence-electron chi connectivity index (χ4n) is 7.21. The first-order chi connectivity index (χ1) is 25.1. The van der Waals surface area contributed by atoms with E-state index < -0.39 is 5.82 Å². The number of benzene rings is 3. The van der Waals surface area contributed by atoms with E-state index in [0.717, 1.165) is 59.4 Å². The van der Waals surface area contributed by atoms with Crippen LogP contribution < -0.4 is 20.5 Å². The van der Waals surface area contributed by atoms with Gasteiger partial charge in [-0.1, -0.05) is 53.5 Å². The highest BCUT2D eigenvalue weighted by Crippen LogP contribution is 2.45. The molecule has 1 saturated carbocycles. The lowest BCUT2D eigenvalue weighted by molar-refractivity contribution is -0.147. The zero-order chi connectivity index (χ0) is 36.7. The van der Waals surface area contributed by atoms with Crippen molar-refractivity contribution in [2.75, 3.05) is 25.1 Å². The van der Waals surface area contributed by atoms with E-state index in [0.29, 0.717) is 54.9 Å². The molecule has 3 aliphatic rings. The molecule has 52 heavy (non-hydrogen) atoms. The van der Waals surface area contributed by atoms with Gasteiger partial charge in [-0.05, 0) is 62.3 Å². The van der Waals surface area contributed by atoms with Gasteiger partial charge in [0.1, 0.15) is 29.2 Å². The van der Waals surface area contributed by atoms with Crippen LogP contribution in [0, 0.1) is 11.7 Å². The number of ether oxygens (including phenoxy) is 3. The van der Waals surface area contributed by atoms with Crippen molar-refractivity contribution in [3.05, 3.63) is 92.2 Å². The second-order valence-corrected chi connectivity index (χ2v) is 14.4. The van der Waals surface area contributed by atoms with Crippen LogP contribution in [0.25, 0.3) is 11.1 Å². The van der Waals surface area contributed by atoms with Gasteiger partial charge in [-0.25, -0.2) is 9.37 Å². The molecular weight excluding hydrogens is 708 g/mol. The van der Waals surface area contributed by atoms with Crippen molar-refractivity contribution in [3.63, 3.8) is 0 Å². The molecule has 0 radical (unpaired) electrons. The average molecular weight is 751 g/mol. The van der Waals surface area contributed by atoms with Crippen LogP contribution >= 0.6 is 23.2 Å². The van der Waals surface area contributed by atoms with Crippen LogP contribution in [0.15, 0.2) is 42.5 Å². The van der Waals surface area contributed by atoms with Gasteiger partial charge in [0.15, 0.2) is 11.6 Å². The van der Waals surface area contributed by atoms with Gasteiger partial charge in [0.25, 0.3) is 5.91 Å². The molecule has 2 atom stereocenters. The number of nitrogens with zero attached hydrogens (tertiary/aromatic N) is 3. The van der Waals surface area contributed by atoms with Crippen LogP contribution in [-0.4, -0.2) is 52.1 Å². The van der Waals surface area contributed by atoms with Crippen molar-refractivity contribution in [2.24, 2.45) is 18.7 Å². The fourth-order valence-corrected chi connectivity index (χ4v) is 7.70. The van der Waals surface area contributed by atoms with Crippen molar-refractivity contribution in [1.82, 2.24) is 14.5 Å². The van der Waals surface area contributed by atoms with Crippen molar-refractivity contribution < 1.29 is 28.2 Å². The first-order valence-corrected chi connectivity index (χ1v) is 18.5. The minimum absolute atomic E-state index is 0.0369. The van der Waals surface area contributed by atoms with E-state index in [9.17, 15) is 9.59 Å². The van der Waals surface area contributed by atoms with Crippen LogP contribution in [-0.2, 0) is 42.5 Å². The summed E-state index contributed by atoms with van der Waals surface area (Å²) in [5, 5.41) is 3.26. The van der Waals surface area contributed by atoms with E-state index in [1.54, 1.807) is 12.1 Å². The average Bonchev–Trinajstić information content (AvgIpc) is 3.84. The molecule has 3 aromatic carbocycles. The second-order valence-electron chi connectivity index (χ2n) is 13.6. The normalized spacial score (nSPS) is 17.3. The highest BCUT2D eigenvalue weighted by molar-refractivity contribution is 6.36. The number of imidazole rings is 1. The quantitative estimate of drug-likeness (QED) is 0.144. The molecule has 0 spiro atoms. The number of anilines is 1. The van der Waals surface area contributed by atoms with Gasteiger partial charge >= 0.3 is 5.97 Å². The molecule has 1 aliphatic heterocycles. The number of hydrogen-bond acceptors (Lipinski definition) is 8. The molecule has 1 fully saturated rings. The molecule has 13 heteroatoms. The monoisotopic (exact) mass is 749 g/mol. The molecule has 1 aromatic heterocycles. The molecule has 2 unspecified atom stereocenters. The second kappa shape index (κ2) is 15.1. The lowest BCUT2D eigenvalue weighted by Gasteiger charge is -2.31. The summed E-state index contributed by atoms with van der Waals surface area (Å²) in [7, 11) is 1.85. The molecule has 2 aliphatic carbocycles. The molecule has 2 heterocycles. The summed E-state index contributed by atoms with van der Waals surface area (Å²) in [5.74, 6) is -0.248. The number of amides is 1. The maximum absolute atomic E-state index is 15.1. The van der Waals surface area contributed by atoms with E-state index >= 15 is 4.39 Å². The first kappa shape index (κ1) is 36.2. The van der Waals surface area contributed by atoms with E-state index in [2.05, 4.69) is 10.2 Å². The maximum atomic E-state index is 15.1. The van der Waals surface area contributed by atoms with Crippen LogP contribution in [0.5, 0.6) is 11.5 Å². The molecule has 1 amide bonds. The number of hydrogen-bond donors (Lipinski definition) is 2. The largest absolute Gasteiger partial charge is 0.493 e. The SMILES string of the molecule is CCOc1cc(OC2CCc3c(-c4cccc(NC(=O)c5nc6c(n5C)CCN(C(C)COC(=O)C5CC5)C6)c4Cl)cccc32)c(Cl)c(F)c1CN. The summed E-state index contributed by atoms with van der Waals surface area (Å²) in [4.78, 5) is 32.7. The molecule has 0 bridgehead atoms. The molecule has 3 N–H and O–H groups in total. The topological polar surface area (TPSA) is 121 Å². The third-order valence-electron chi connectivity index (χ3n) is 10.2. The van der Waals surface area contributed by atoms with Gasteiger partial charge in [-0.3, -0.25) is 14.5 Å². The predicted octanol–water partition coefficient (Wildman–Crippen LogP) is 7.41. The number of carbonyl (C=O) groups is 2. The van der Waals surface area contributed by atoms with E-state index in [1.165, 1.54) is 0 Å². The molecular formula is C39H42Cl2FN5O5. The lowest BCUT2D eigenvalue weighted by atomic mass is 9.96. The van der Waals surface area contributed by atoms with Gasteiger partial charge in [-0.2, -0.15) is 0 Å². The Labute approximate surface area is 312 Å². The minimum Gasteiger partial charge on any atom is -0.493 e. The van der Waals surface area contributed by atoms with Gasteiger partial charge in [0.2, 0.25) is 0 Å². The third-order valence-corrected chi connectivity index (χ3v) is 11.0. The lowest BCUT2D eigenvalue weighted by Crippen LogP contribution is -2.41. The Hall–Kier alpha value is -4.16. The minimum atomic E-state index is -0.645. The van der Waals surface area contributed by atoms with Crippen LogP contribution in [0.1, 0.15) is 77.9 Å². The Kier molecular flexibility index (Phi) is 10.5. The van der Waals surface area contributed by atoms with Crippen molar-refractivity contribution in [3.8, 4) is 22.6 Å². The zero-order valence-corrected chi connectivity index (χ0v) is 31.0. The Morgan fingerprint density at radius 1 is 1.08 bits per heavy atom. The molecule has 7 rings (SSSR count). The van der Waals surface area contributed by atoms with Crippen molar-refractivity contribution in [2.45, 2.75) is 71.2 Å². The van der Waals surface area contributed by atoms with Gasteiger partial charge in [0.05, 0.1) is 28.9 Å². The first-order valence-electron chi connectivity index (χ1n) is 17.8. The molecule has 274 valence electrons. The van der Waals surface area contributed by atoms with Gasteiger partial charge in [-0.15, -0.1) is 0 Å². The summed E-state index contributed by atoms with van der Waals surface area (Å²) in [6, 6.07) is 13.1. The summed E-state index contributed by atoms with van der Waals surface area (Å²) >= 11 is 13.4. The number of carbonyl (C=O) groups excluding carboxylic acids is 2. The highest BCUT2D eigenvalue weighted by Gasteiger charge is 2.33. The van der Waals surface area contributed by atoms with Crippen molar-refractivity contribution >= 4 is 40.8 Å². The Morgan fingerprint density at radius 2 is 1.85 bits per heavy atom. The van der Waals surface area contributed by atoms with E-state index in [4.69, 9.17) is 48.1 Å². The fraction of sp³-hybridized carbons (Fsp3) is 0.410. The number of nitrogens with two attached hydrogens (primary N) is 1. The standard InChI is InChI=1S/C39H42Cl2FN5O5/c1-4-50-32-17-33(35(41)36(42)27(32)18-43)52-31-14-13-24-23(7-5-8-25(24)31)26-9-6-10-28(34(26)40)45-38(48)37-44-29-19-47(16-15-30(29)46(37)3)21(2)20-51-39(49)22-11-12-22/h5-10,17,21-22,31H,4,11-16,18-20,43H2,1-3H3,(H,45,48). The van der Waals surface area contributed by atoms with Gasteiger partial charge < -0.3 is 29.8 Å². The predicted molar refractivity (Wildman–Crippen MR) is 197 cm³/mol. The smallest absolute Gasteiger partial charge is 0.308 e. The van der Waals surface area contributed by atoms with Crippen LogP contribution in [0.4, 0.5) is 10.1 Å². The third kappa shape index (κ3) is 6.99. The zero-order valence-electron chi connectivity index (χ0n) is 29.4. The number of fused-ring (bicyclic) bond motifs is 2. The Morgan fingerprint density at radius 3 is 2.60 bits per heavy atom. The number of esters is 1. The van der Waals surface area contributed by atoms with Crippen molar-refractivity contribution in [1.29, 1.82) is 0 Å². The Balaban J connectivity index is 1.07. The van der Waals surface area contributed by atoms with E-state index in [1.807, 2.05) is 55.8 Å². The van der Waals surface area contributed by atoms with E-state index in [-0.39, 0.29) is 52.8 Å². The summed E-state index contributed by atoms with van der Waals surface area (Å²) < 4.78 is 34.5. The number of halogens is 3. The van der Waals surface area contributed by atoms with Crippen LogP contribution in [0.3, 0.4) is 0 Å². The Bertz CT molecular complexity index is 2030. The maximum Gasteiger partial charge on any atom is 0.308 e. The molecule has 0 saturated heterocycles. The molecule has 4 aromatic rings. The summed E-state index contributed by atoms with van der Waals surface area (Å²) in [6.07, 6.45) is 3.52. The number of nitrogens with one attached hydrogen (secondary N) is 1. The highest BCUT2D eigenvalue weighted by atomic mass is 35.5. The summed E-state index contributed by atoms with van der Waals surface area (Å²) in [5.41, 5.74) is 12.0. The number of rotatable bonds is 12. The van der Waals surface area contributed by atoms with Crippen LogP contribution in [0.2, 0.25) is 10.0 Å².